The third kappa shape index (κ3) is 3.84. The number of rotatable bonds is 1. The van der Waals surface area contributed by atoms with E-state index in [4.69, 9.17) is 23.2 Å². The molecule has 1 rings (SSSR count). The largest absolute Gasteiger partial charge is 0.0955 e. The molecule has 0 aliphatic heterocycles. The van der Waals surface area contributed by atoms with Gasteiger partial charge in [0.2, 0.25) is 0 Å². The molecule has 0 atom stereocenters. The number of benzene rings is 1. The monoisotopic (exact) mass is 216 g/mol. The van der Waals surface area contributed by atoms with Gasteiger partial charge in [-0.15, -0.1) is 0 Å². The van der Waals surface area contributed by atoms with Crippen molar-refractivity contribution in [3.63, 3.8) is 0 Å². The van der Waals surface area contributed by atoms with E-state index in [1.165, 1.54) is 0 Å². The summed E-state index contributed by atoms with van der Waals surface area (Å²) >= 11 is 11.6. The van der Waals surface area contributed by atoms with Crippen molar-refractivity contribution in [1.29, 1.82) is 0 Å². The summed E-state index contributed by atoms with van der Waals surface area (Å²) in [6.07, 6.45) is 0. The number of hydrogen-bond acceptors (Lipinski definition) is 0. The van der Waals surface area contributed by atoms with Crippen LogP contribution in [-0.2, 0) is 0 Å². The van der Waals surface area contributed by atoms with Gasteiger partial charge in [-0.05, 0) is 30.2 Å². The zero-order valence-corrected chi connectivity index (χ0v) is 9.71. The molecule has 0 aliphatic rings. The molecule has 2 heteroatoms. The zero-order valence-electron chi connectivity index (χ0n) is 8.20. The van der Waals surface area contributed by atoms with Crippen LogP contribution in [0.15, 0.2) is 24.8 Å². The van der Waals surface area contributed by atoms with Crippen LogP contribution in [0.2, 0.25) is 10.0 Å². The first kappa shape index (κ1) is 12.5. The van der Waals surface area contributed by atoms with Crippen molar-refractivity contribution < 1.29 is 0 Å². The Kier molecular flexibility index (Phi) is 5.85. The van der Waals surface area contributed by atoms with Crippen LogP contribution >= 0.6 is 23.2 Å². The molecular weight excluding hydrogens is 203 g/mol. The van der Waals surface area contributed by atoms with Gasteiger partial charge in [0.25, 0.3) is 0 Å². The van der Waals surface area contributed by atoms with Gasteiger partial charge in [0.1, 0.15) is 0 Å². The van der Waals surface area contributed by atoms with E-state index in [9.17, 15) is 0 Å². The molecule has 0 spiro atoms. The second-order valence-electron chi connectivity index (χ2n) is 2.40. The molecule has 0 saturated carbocycles. The summed E-state index contributed by atoms with van der Waals surface area (Å²) in [5, 5.41) is 1.31. The molecule has 0 radical (unpaired) electrons. The van der Waals surface area contributed by atoms with Crippen LogP contribution in [0.1, 0.15) is 26.3 Å². The fourth-order valence-electron chi connectivity index (χ4n) is 0.836. The minimum atomic E-state index is 0.653. The smallest absolute Gasteiger partial charge is 0.0495 e. The van der Waals surface area contributed by atoms with Crippen molar-refractivity contribution in [3.05, 3.63) is 40.4 Å². The molecule has 0 saturated heterocycles. The Morgan fingerprint density at radius 3 is 2.15 bits per heavy atom. The molecule has 0 heterocycles. The Hall–Kier alpha value is -0.460. The zero-order chi connectivity index (χ0) is 10.4. The summed E-state index contributed by atoms with van der Waals surface area (Å²) in [6.45, 7) is 9.70. The van der Waals surface area contributed by atoms with E-state index in [2.05, 4.69) is 6.58 Å². The van der Waals surface area contributed by atoms with Gasteiger partial charge in [0, 0.05) is 10.0 Å². The first-order chi connectivity index (χ1) is 6.11. The molecule has 0 nitrogen and oxygen atoms in total. The lowest BCUT2D eigenvalue weighted by atomic mass is 10.1. The Morgan fingerprint density at radius 2 is 1.77 bits per heavy atom. The minimum Gasteiger partial charge on any atom is -0.0955 e. The van der Waals surface area contributed by atoms with Gasteiger partial charge in [-0.25, -0.2) is 0 Å². The highest BCUT2D eigenvalue weighted by Crippen LogP contribution is 2.25. The highest BCUT2D eigenvalue weighted by molar-refractivity contribution is 6.35. The Labute approximate surface area is 90.2 Å². The lowest BCUT2D eigenvalue weighted by Crippen LogP contribution is -1.78. The highest BCUT2D eigenvalue weighted by Gasteiger charge is 1.99. The van der Waals surface area contributed by atoms with Crippen LogP contribution in [0.3, 0.4) is 0 Å². The maximum absolute atomic E-state index is 5.88. The standard InChI is InChI=1S/C9H8Cl2.C2H6/c1-6(2)8-4-3-7(10)5-9(8)11;1-2/h3-5H,1H2,2H3;1-2H3. The van der Waals surface area contributed by atoms with Crippen molar-refractivity contribution in [2.45, 2.75) is 20.8 Å². The topological polar surface area (TPSA) is 0 Å². The summed E-state index contributed by atoms with van der Waals surface area (Å²) in [6, 6.07) is 5.39. The SMILES string of the molecule is C=C(C)c1ccc(Cl)cc1Cl.CC. The third-order valence-electron chi connectivity index (χ3n) is 1.39. The van der Waals surface area contributed by atoms with E-state index < -0.39 is 0 Å². The fraction of sp³-hybridized carbons (Fsp3) is 0.273. The lowest BCUT2D eigenvalue weighted by molar-refractivity contribution is 1.50. The molecule has 0 aromatic heterocycles. The van der Waals surface area contributed by atoms with Gasteiger partial charge in [0.15, 0.2) is 0 Å². The van der Waals surface area contributed by atoms with E-state index in [1.54, 1.807) is 12.1 Å². The van der Waals surface area contributed by atoms with E-state index in [-0.39, 0.29) is 0 Å². The van der Waals surface area contributed by atoms with Gasteiger partial charge in [-0.3, -0.25) is 0 Å². The van der Waals surface area contributed by atoms with Gasteiger partial charge in [-0.2, -0.15) is 0 Å². The lowest BCUT2D eigenvalue weighted by Gasteiger charge is -2.02. The average molecular weight is 217 g/mol. The Morgan fingerprint density at radius 1 is 1.23 bits per heavy atom. The molecule has 0 unspecified atom stereocenters. The summed E-state index contributed by atoms with van der Waals surface area (Å²) < 4.78 is 0. The van der Waals surface area contributed by atoms with Crippen molar-refractivity contribution in [2.24, 2.45) is 0 Å². The maximum atomic E-state index is 5.88. The second-order valence-corrected chi connectivity index (χ2v) is 3.25. The molecule has 0 fully saturated rings. The van der Waals surface area contributed by atoms with E-state index in [1.807, 2.05) is 26.8 Å². The molecule has 13 heavy (non-hydrogen) atoms. The maximum Gasteiger partial charge on any atom is 0.0495 e. The van der Waals surface area contributed by atoms with E-state index in [0.29, 0.717) is 10.0 Å². The molecule has 1 aromatic carbocycles. The molecule has 1 aromatic rings. The fourth-order valence-corrected chi connectivity index (χ4v) is 1.41. The molecule has 0 aliphatic carbocycles. The van der Waals surface area contributed by atoms with Crippen molar-refractivity contribution in [2.75, 3.05) is 0 Å². The normalized spacial score (nSPS) is 8.69. The first-order valence-corrected chi connectivity index (χ1v) is 4.98. The molecule has 0 N–H and O–H groups in total. The van der Waals surface area contributed by atoms with Crippen molar-refractivity contribution in [3.8, 4) is 0 Å². The second kappa shape index (κ2) is 6.06. The molecule has 0 bridgehead atoms. The predicted molar refractivity (Wildman–Crippen MR) is 62.5 cm³/mol. The van der Waals surface area contributed by atoms with Crippen LogP contribution in [0.4, 0.5) is 0 Å². The van der Waals surface area contributed by atoms with Crippen molar-refractivity contribution in [1.82, 2.24) is 0 Å². The summed E-state index contributed by atoms with van der Waals surface area (Å²) in [7, 11) is 0. The summed E-state index contributed by atoms with van der Waals surface area (Å²) in [4.78, 5) is 0. The van der Waals surface area contributed by atoms with Crippen LogP contribution in [-0.4, -0.2) is 0 Å². The third-order valence-corrected chi connectivity index (χ3v) is 1.94. The van der Waals surface area contributed by atoms with Crippen LogP contribution in [0.25, 0.3) is 5.57 Å². The molecular formula is C11H14Cl2. The van der Waals surface area contributed by atoms with Crippen LogP contribution in [0, 0.1) is 0 Å². The predicted octanol–water partition coefficient (Wildman–Crippen LogP) is 5.05. The van der Waals surface area contributed by atoms with Gasteiger partial charge in [0.05, 0.1) is 0 Å². The summed E-state index contributed by atoms with van der Waals surface area (Å²) in [5.41, 5.74) is 1.91. The van der Waals surface area contributed by atoms with Crippen LogP contribution < -0.4 is 0 Å². The minimum absolute atomic E-state index is 0.653. The van der Waals surface area contributed by atoms with E-state index in [0.717, 1.165) is 11.1 Å². The number of halogens is 2. The molecule has 0 amide bonds. The number of hydrogen-bond donors (Lipinski definition) is 0. The number of allylic oxidation sites excluding steroid dienone is 1. The average Bonchev–Trinajstić information content (AvgIpc) is 2.07. The first-order valence-electron chi connectivity index (χ1n) is 4.22. The van der Waals surface area contributed by atoms with E-state index >= 15 is 0 Å². The summed E-state index contributed by atoms with van der Waals surface area (Å²) in [5.74, 6) is 0. The molecule has 72 valence electrons. The Balaban J connectivity index is 0.000000671. The van der Waals surface area contributed by atoms with Gasteiger partial charge >= 0.3 is 0 Å². The quantitative estimate of drug-likeness (QED) is 0.617. The Bertz CT molecular complexity index is 290. The van der Waals surface area contributed by atoms with Gasteiger partial charge < -0.3 is 0 Å². The highest BCUT2D eigenvalue weighted by atomic mass is 35.5. The van der Waals surface area contributed by atoms with Crippen molar-refractivity contribution >= 4 is 28.8 Å². The van der Waals surface area contributed by atoms with Gasteiger partial charge in [-0.1, -0.05) is 49.7 Å². The van der Waals surface area contributed by atoms with Crippen LogP contribution in [0.5, 0.6) is 0 Å².